The van der Waals surface area contributed by atoms with Crippen LogP contribution < -0.4 is 0 Å². The number of aromatic nitrogens is 4. The smallest absolute Gasteiger partial charge is 0.120 e. The third kappa shape index (κ3) is 7.51. The van der Waals surface area contributed by atoms with Crippen LogP contribution in [0.4, 0.5) is 0 Å². The second-order valence-electron chi connectivity index (χ2n) is 14.5. The molecule has 0 aliphatic heterocycles. The first-order chi connectivity index (χ1) is 25.4. The molecule has 0 saturated carbocycles. The van der Waals surface area contributed by atoms with Crippen molar-refractivity contribution in [2.75, 3.05) is 0 Å². The summed E-state index contributed by atoms with van der Waals surface area (Å²) in [6.45, 7) is 14.6. The fraction of sp³-hybridized carbons (Fsp3) is 0.239. The second-order valence-corrected chi connectivity index (χ2v) is 14.5. The molecule has 0 fully saturated rings. The Morgan fingerprint density at radius 1 is 0.750 bits per heavy atom. The van der Waals surface area contributed by atoms with Gasteiger partial charge in [0.2, 0.25) is 0 Å². The van der Waals surface area contributed by atoms with Crippen molar-refractivity contribution in [1.29, 1.82) is 0 Å². The van der Waals surface area contributed by atoms with Crippen LogP contribution in [0.25, 0.3) is 61.3 Å². The van der Waals surface area contributed by atoms with Crippen LogP contribution in [0.5, 0.6) is 0 Å². The molecular weight excluding hydrogens is 817 g/mol. The summed E-state index contributed by atoms with van der Waals surface area (Å²) in [5.41, 5.74) is 9.76. The minimum absolute atomic E-state index is 0. The summed E-state index contributed by atoms with van der Waals surface area (Å²) in [4.78, 5) is 13.8. The van der Waals surface area contributed by atoms with Crippen LogP contribution in [-0.2, 0) is 26.5 Å². The van der Waals surface area contributed by atoms with Crippen molar-refractivity contribution in [2.45, 2.75) is 66.7 Å². The zero-order valence-corrected chi connectivity index (χ0v) is 33.0. The maximum absolute atomic E-state index is 8.34. The number of nitrogens with zero attached hydrogens (tertiary/aromatic N) is 4. The molecule has 265 valence electrons. The van der Waals surface area contributed by atoms with E-state index in [2.05, 4.69) is 103 Å². The van der Waals surface area contributed by atoms with Gasteiger partial charge in [-0.15, -0.1) is 54.1 Å². The summed E-state index contributed by atoms with van der Waals surface area (Å²) in [6.07, 6.45) is 1.53. The van der Waals surface area contributed by atoms with Gasteiger partial charge in [0, 0.05) is 52.0 Å². The summed E-state index contributed by atoms with van der Waals surface area (Å²) in [6, 6.07) is 41.4. The first-order valence-corrected chi connectivity index (χ1v) is 17.6. The number of furan rings is 1. The Hall–Kier alpha value is -4.90. The molecule has 1 radical (unpaired) electrons. The maximum Gasteiger partial charge on any atom is 0.120 e. The van der Waals surface area contributed by atoms with Gasteiger partial charge in [0.15, 0.2) is 0 Å². The van der Waals surface area contributed by atoms with Crippen molar-refractivity contribution in [3.8, 4) is 28.3 Å². The summed E-state index contributed by atoms with van der Waals surface area (Å²) >= 11 is 0. The van der Waals surface area contributed by atoms with Gasteiger partial charge in [0.05, 0.1) is 28.1 Å². The van der Waals surface area contributed by atoms with Gasteiger partial charge < -0.3 is 14.0 Å². The molecule has 8 rings (SSSR count). The van der Waals surface area contributed by atoms with E-state index in [0.29, 0.717) is 23.2 Å². The number of hydrogen-bond donors (Lipinski definition) is 0. The minimum Gasteiger partial charge on any atom is -0.501 e. The molecule has 3 heterocycles. The van der Waals surface area contributed by atoms with E-state index in [4.69, 9.17) is 12.1 Å². The molecule has 5 nitrogen and oxygen atoms in total. The molecule has 0 N–H and O–H groups in total. The number of benzene rings is 5. The molecular formula is C46H44IrN4O-2. The van der Waals surface area contributed by atoms with E-state index in [1.807, 2.05) is 75.4 Å². The van der Waals surface area contributed by atoms with Crippen molar-refractivity contribution in [1.82, 2.24) is 19.5 Å². The van der Waals surface area contributed by atoms with E-state index in [1.165, 1.54) is 23.0 Å². The first kappa shape index (κ1) is 34.2. The molecule has 3 aromatic heterocycles. The molecule has 6 heteroatoms. The molecule has 0 amide bonds. The van der Waals surface area contributed by atoms with Crippen LogP contribution in [0, 0.1) is 17.5 Å². The molecule has 0 unspecified atom stereocenters. The first-order valence-electron chi connectivity index (χ1n) is 18.6. The van der Waals surface area contributed by atoms with Gasteiger partial charge in [-0.1, -0.05) is 108 Å². The van der Waals surface area contributed by atoms with Gasteiger partial charge in [0.1, 0.15) is 5.58 Å². The molecule has 52 heavy (non-hydrogen) atoms. The van der Waals surface area contributed by atoms with Crippen LogP contribution in [0.3, 0.4) is 0 Å². The predicted molar refractivity (Wildman–Crippen MR) is 210 cm³/mol. The van der Waals surface area contributed by atoms with Gasteiger partial charge in [-0.2, -0.15) is 0 Å². The summed E-state index contributed by atoms with van der Waals surface area (Å²) < 4.78 is 25.0. The third-order valence-electron chi connectivity index (χ3n) is 8.83. The zero-order chi connectivity index (χ0) is 37.5. The number of hydrogen-bond acceptors (Lipinski definition) is 4. The van der Waals surface area contributed by atoms with Gasteiger partial charge in [-0.25, -0.2) is 0 Å². The Morgan fingerprint density at radius 2 is 1.46 bits per heavy atom. The quantitative estimate of drug-likeness (QED) is 0.156. The van der Waals surface area contributed by atoms with Crippen molar-refractivity contribution in [2.24, 2.45) is 5.41 Å². The molecule has 0 aliphatic carbocycles. The van der Waals surface area contributed by atoms with Crippen LogP contribution in [0.15, 0.2) is 120 Å². The van der Waals surface area contributed by atoms with E-state index < -0.39 is 11.8 Å². The minimum atomic E-state index is -1.58. The fourth-order valence-corrected chi connectivity index (χ4v) is 6.52. The molecule has 0 aliphatic rings. The average Bonchev–Trinajstić information content (AvgIpc) is 3.74. The van der Waals surface area contributed by atoms with Crippen molar-refractivity contribution in [3.63, 3.8) is 0 Å². The standard InChI is InChI=1S/C25H25N2.C21H19N2O.Ir/c1-17(2)20-13-10-14-21(18(3)4)24(20)27-23-16-9-8-15-22(23)26-25(27)19-11-6-5-7-12-19;1-21(2,3)11-14-12-23-18(13-22-14)17-9-6-8-16-15-7-4-5-10-19(15)24-20(16)17;/h5-11,13-18H,1-4H3;4-8,10,12-13H,11H2,1-3H3;/q2*-1;/i;11D2;. The van der Waals surface area contributed by atoms with E-state index >= 15 is 0 Å². The summed E-state index contributed by atoms with van der Waals surface area (Å²) in [5, 5.41) is 2.05. The van der Waals surface area contributed by atoms with Crippen LogP contribution in [-0.4, -0.2) is 19.5 Å². The maximum atomic E-state index is 8.34. The monoisotopic (exact) mass is 863 g/mol. The van der Waals surface area contributed by atoms with Gasteiger partial charge in [-0.05, 0) is 52.9 Å². The largest absolute Gasteiger partial charge is 0.501 e. The van der Waals surface area contributed by atoms with E-state index in [-0.39, 0.29) is 20.1 Å². The summed E-state index contributed by atoms with van der Waals surface area (Å²) in [5.74, 6) is 1.80. The van der Waals surface area contributed by atoms with Gasteiger partial charge in [-0.3, -0.25) is 9.97 Å². The van der Waals surface area contributed by atoms with Crippen molar-refractivity contribution in [3.05, 3.63) is 144 Å². The van der Waals surface area contributed by atoms with Gasteiger partial charge >= 0.3 is 0 Å². The Morgan fingerprint density at radius 3 is 2.13 bits per heavy atom. The van der Waals surface area contributed by atoms with Crippen LogP contribution in [0.1, 0.15) is 79.9 Å². The van der Waals surface area contributed by atoms with E-state index in [0.717, 1.165) is 49.9 Å². The SMILES string of the molecule is CC(C)c1cccc(C(C)C)c1-n1c(-c2[c-]cccc2)nc2ccccc21.[2H]C([2H])(c1cnc(-c2[c-]ccc3c2oc2ccccc23)cn1)C(C)(C)C.[Ir]. The Labute approximate surface area is 323 Å². The second kappa shape index (κ2) is 15.4. The fourth-order valence-electron chi connectivity index (χ4n) is 6.52. The zero-order valence-electron chi connectivity index (χ0n) is 32.7. The van der Waals surface area contributed by atoms with E-state index in [9.17, 15) is 0 Å². The molecule has 0 saturated heterocycles. The average molecular weight is 863 g/mol. The molecule has 0 spiro atoms. The van der Waals surface area contributed by atoms with Crippen LogP contribution in [0.2, 0.25) is 0 Å². The van der Waals surface area contributed by atoms with Crippen molar-refractivity contribution < 1.29 is 27.3 Å². The number of para-hydroxylation sites is 4. The van der Waals surface area contributed by atoms with Gasteiger partial charge in [0.25, 0.3) is 0 Å². The van der Waals surface area contributed by atoms with Crippen LogP contribution >= 0.6 is 0 Å². The summed E-state index contributed by atoms with van der Waals surface area (Å²) in [7, 11) is 0. The topological polar surface area (TPSA) is 56.7 Å². The normalized spacial score (nSPS) is 12.5. The number of imidazole rings is 1. The molecule has 5 aromatic carbocycles. The number of fused-ring (bicyclic) bond motifs is 4. The van der Waals surface area contributed by atoms with Crippen molar-refractivity contribution >= 4 is 33.0 Å². The Bertz CT molecular complexity index is 2510. The van der Waals surface area contributed by atoms with E-state index in [1.54, 1.807) is 6.20 Å². The third-order valence-corrected chi connectivity index (χ3v) is 8.83. The molecule has 8 aromatic rings. The molecule has 0 bridgehead atoms. The Kier molecular flexibility index (Phi) is 10.1. The predicted octanol–water partition coefficient (Wildman–Crippen LogP) is 12.2. The Balaban J connectivity index is 0.000000181. The number of rotatable bonds is 6. The molecule has 0 atom stereocenters.